The van der Waals surface area contributed by atoms with Crippen LogP contribution in [0, 0.1) is 5.82 Å². The fourth-order valence-electron chi connectivity index (χ4n) is 1.37. The highest BCUT2D eigenvalue weighted by Gasteiger charge is 2.15. The Hall–Kier alpha value is -1.51. The number of hydrogen-bond donors (Lipinski definition) is 1. The highest BCUT2D eigenvalue weighted by atomic mass is 35.5. The van der Waals surface area contributed by atoms with Gasteiger partial charge in [0.2, 0.25) is 10.0 Å². The van der Waals surface area contributed by atoms with E-state index < -0.39 is 15.8 Å². The second-order valence-corrected chi connectivity index (χ2v) is 5.77. The number of rotatable bonds is 5. The molecule has 0 saturated carbocycles. The van der Waals surface area contributed by atoms with Crippen LogP contribution in [0.5, 0.6) is 0 Å². The third-order valence-electron chi connectivity index (χ3n) is 2.27. The standard InChI is InChI=1S/C10H10ClFN4O2S/c11-9-7-8(1-2-10(9)12)19(17,18)15-5-6-16-13-3-4-14-16/h1-4,7,15H,5-6H2. The summed E-state index contributed by atoms with van der Waals surface area (Å²) in [6, 6.07) is 3.22. The Morgan fingerprint density at radius 3 is 2.63 bits per heavy atom. The van der Waals surface area contributed by atoms with Crippen LogP contribution in [0.2, 0.25) is 5.02 Å². The van der Waals surface area contributed by atoms with E-state index in [9.17, 15) is 12.8 Å². The molecule has 1 heterocycles. The van der Waals surface area contributed by atoms with Crippen LogP contribution in [0.1, 0.15) is 0 Å². The molecule has 0 radical (unpaired) electrons. The maximum atomic E-state index is 13.0. The molecule has 0 spiro atoms. The molecule has 0 aliphatic heterocycles. The first-order chi connectivity index (χ1) is 8.99. The van der Waals surface area contributed by atoms with E-state index in [4.69, 9.17) is 11.6 Å². The molecule has 9 heteroatoms. The van der Waals surface area contributed by atoms with E-state index in [2.05, 4.69) is 14.9 Å². The summed E-state index contributed by atoms with van der Waals surface area (Å²) in [5.41, 5.74) is 0. The molecular formula is C10H10ClFN4O2S. The topological polar surface area (TPSA) is 76.9 Å². The van der Waals surface area contributed by atoms with Crippen molar-refractivity contribution < 1.29 is 12.8 Å². The summed E-state index contributed by atoms with van der Waals surface area (Å²) >= 11 is 5.54. The summed E-state index contributed by atoms with van der Waals surface area (Å²) in [6.07, 6.45) is 2.99. The fraction of sp³-hybridized carbons (Fsp3) is 0.200. The van der Waals surface area contributed by atoms with E-state index in [1.807, 2.05) is 0 Å². The van der Waals surface area contributed by atoms with E-state index >= 15 is 0 Å². The Balaban J connectivity index is 2.03. The third-order valence-corrected chi connectivity index (χ3v) is 4.02. The van der Waals surface area contributed by atoms with Gasteiger partial charge in [-0.1, -0.05) is 11.6 Å². The first kappa shape index (κ1) is 13.9. The average Bonchev–Trinajstić information content (AvgIpc) is 2.85. The van der Waals surface area contributed by atoms with Gasteiger partial charge in [-0.2, -0.15) is 15.0 Å². The van der Waals surface area contributed by atoms with E-state index in [1.165, 1.54) is 17.2 Å². The minimum Gasteiger partial charge on any atom is -0.209 e. The molecule has 0 aliphatic rings. The van der Waals surface area contributed by atoms with Gasteiger partial charge in [-0.15, -0.1) is 0 Å². The smallest absolute Gasteiger partial charge is 0.209 e. The SMILES string of the molecule is O=S(=O)(NCCn1nccn1)c1ccc(F)c(Cl)c1. The van der Waals surface area contributed by atoms with Crippen molar-refractivity contribution in [1.82, 2.24) is 19.7 Å². The first-order valence-electron chi connectivity index (χ1n) is 5.28. The predicted molar refractivity (Wildman–Crippen MR) is 66.6 cm³/mol. The molecule has 1 aromatic carbocycles. The molecule has 0 unspecified atom stereocenters. The molecule has 1 aromatic heterocycles. The van der Waals surface area contributed by atoms with Gasteiger partial charge in [-0.05, 0) is 18.2 Å². The van der Waals surface area contributed by atoms with Gasteiger partial charge in [-0.25, -0.2) is 17.5 Å². The lowest BCUT2D eigenvalue weighted by molar-refractivity contribution is 0.522. The van der Waals surface area contributed by atoms with Gasteiger partial charge < -0.3 is 0 Å². The second kappa shape index (κ2) is 5.64. The zero-order chi connectivity index (χ0) is 13.9. The average molecular weight is 305 g/mol. The lowest BCUT2D eigenvalue weighted by atomic mass is 10.3. The van der Waals surface area contributed by atoms with Gasteiger partial charge in [0.05, 0.1) is 28.9 Å². The van der Waals surface area contributed by atoms with Crippen molar-refractivity contribution in [3.8, 4) is 0 Å². The normalized spacial score (nSPS) is 11.7. The zero-order valence-corrected chi connectivity index (χ0v) is 11.2. The molecule has 0 saturated heterocycles. The Kier molecular flexibility index (Phi) is 4.13. The summed E-state index contributed by atoms with van der Waals surface area (Å²) in [5.74, 6) is -0.665. The summed E-state index contributed by atoms with van der Waals surface area (Å²) < 4.78 is 39.1. The minimum atomic E-state index is -3.72. The Labute approximate surface area is 114 Å². The van der Waals surface area contributed by atoms with Crippen LogP contribution in [-0.2, 0) is 16.6 Å². The van der Waals surface area contributed by atoms with Crippen LogP contribution >= 0.6 is 11.6 Å². The number of benzene rings is 1. The van der Waals surface area contributed by atoms with Crippen molar-refractivity contribution in [1.29, 1.82) is 0 Å². The molecule has 0 atom stereocenters. The Bertz CT molecular complexity index is 660. The summed E-state index contributed by atoms with van der Waals surface area (Å²) in [7, 11) is -3.72. The van der Waals surface area contributed by atoms with Gasteiger partial charge >= 0.3 is 0 Å². The molecule has 2 rings (SSSR count). The summed E-state index contributed by atoms with van der Waals surface area (Å²) in [5, 5.41) is 7.43. The molecule has 0 fully saturated rings. The van der Waals surface area contributed by atoms with Gasteiger partial charge in [0.25, 0.3) is 0 Å². The molecule has 102 valence electrons. The number of nitrogens with zero attached hydrogens (tertiary/aromatic N) is 3. The number of hydrogen-bond acceptors (Lipinski definition) is 4. The number of halogens is 2. The van der Waals surface area contributed by atoms with Crippen molar-refractivity contribution in [3.63, 3.8) is 0 Å². The van der Waals surface area contributed by atoms with E-state index in [1.54, 1.807) is 0 Å². The predicted octanol–water partition coefficient (Wildman–Crippen LogP) is 1.05. The molecule has 0 bridgehead atoms. The van der Waals surface area contributed by atoms with E-state index in [0.717, 1.165) is 18.2 Å². The monoisotopic (exact) mass is 304 g/mol. The molecule has 0 aliphatic carbocycles. The van der Waals surface area contributed by atoms with Gasteiger partial charge in [0.1, 0.15) is 5.82 Å². The third kappa shape index (κ3) is 3.49. The number of nitrogens with one attached hydrogen (secondary N) is 1. The highest BCUT2D eigenvalue weighted by molar-refractivity contribution is 7.89. The largest absolute Gasteiger partial charge is 0.240 e. The molecule has 6 nitrogen and oxygen atoms in total. The first-order valence-corrected chi connectivity index (χ1v) is 7.14. The molecule has 19 heavy (non-hydrogen) atoms. The Morgan fingerprint density at radius 2 is 2.00 bits per heavy atom. The highest BCUT2D eigenvalue weighted by Crippen LogP contribution is 2.19. The molecule has 1 N–H and O–H groups in total. The van der Waals surface area contributed by atoms with Crippen molar-refractivity contribution in [2.75, 3.05) is 6.54 Å². The van der Waals surface area contributed by atoms with Crippen LogP contribution in [0.4, 0.5) is 4.39 Å². The van der Waals surface area contributed by atoms with Gasteiger partial charge in [-0.3, -0.25) is 0 Å². The molecule has 2 aromatic rings. The lowest BCUT2D eigenvalue weighted by Crippen LogP contribution is -2.28. The Morgan fingerprint density at radius 1 is 1.32 bits per heavy atom. The fourth-order valence-corrected chi connectivity index (χ4v) is 2.66. The van der Waals surface area contributed by atoms with E-state index in [0.29, 0.717) is 6.54 Å². The van der Waals surface area contributed by atoms with Crippen molar-refractivity contribution >= 4 is 21.6 Å². The van der Waals surface area contributed by atoms with E-state index in [-0.39, 0.29) is 16.5 Å². The van der Waals surface area contributed by atoms with Gasteiger partial charge in [0, 0.05) is 6.54 Å². The maximum absolute atomic E-state index is 13.0. The van der Waals surface area contributed by atoms with Crippen LogP contribution in [0.3, 0.4) is 0 Å². The van der Waals surface area contributed by atoms with Crippen molar-refractivity contribution in [3.05, 3.63) is 41.4 Å². The zero-order valence-electron chi connectivity index (χ0n) is 9.62. The number of aromatic nitrogens is 3. The van der Waals surface area contributed by atoms with Crippen LogP contribution in [0.25, 0.3) is 0 Å². The van der Waals surface area contributed by atoms with Crippen LogP contribution < -0.4 is 4.72 Å². The number of sulfonamides is 1. The van der Waals surface area contributed by atoms with Crippen LogP contribution in [-0.4, -0.2) is 30.0 Å². The summed E-state index contributed by atoms with van der Waals surface area (Å²) in [4.78, 5) is 1.26. The lowest BCUT2D eigenvalue weighted by Gasteiger charge is -2.07. The molecule has 0 amide bonds. The van der Waals surface area contributed by atoms with Crippen molar-refractivity contribution in [2.24, 2.45) is 0 Å². The second-order valence-electron chi connectivity index (χ2n) is 3.60. The van der Waals surface area contributed by atoms with Gasteiger partial charge in [0.15, 0.2) is 0 Å². The molecular weight excluding hydrogens is 295 g/mol. The van der Waals surface area contributed by atoms with Crippen LogP contribution in [0.15, 0.2) is 35.5 Å². The van der Waals surface area contributed by atoms with Crippen molar-refractivity contribution in [2.45, 2.75) is 11.4 Å². The minimum absolute atomic E-state index is 0.0904. The summed E-state index contributed by atoms with van der Waals surface area (Å²) in [6.45, 7) is 0.410. The maximum Gasteiger partial charge on any atom is 0.240 e. The quantitative estimate of drug-likeness (QED) is 0.895.